The van der Waals surface area contributed by atoms with Gasteiger partial charge in [-0.1, -0.05) is 18.2 Å². The van der Waals surface area contributed by atoms with Gasteiger partial charge in [-0.3, -0.25) is 0 Å². The molecular weight excluding hydrogens is 458 g/mol. The second-order valence-corrected chi connectivity index (χ2v) is 7.94. The average Bonchev–Trinajstić information content (AvgIpc) is 2.80. The van der Waals surface area contributed by atoms with Crippen molar-refractivity contribution in [1.82, 2.24) is 15.0 Å². The second-order valence-electron chi connectivity index (χ2n) is 7.09. The molecule has 1 aromatic heterocycles. The minimum absolute atomic E-state index is 0.387. The molecule has 0 aliphatic carbocycles. The van der Waals surface area contributed by atoms with E-state index in [1.54, 1.807) is 13.3 Å². The number of hydrogen-bond donors (Lipinski definition) is 2. The van der Waals surface area contributed by atoms with E-state index in [0.29, 0.717) is 17.8 Å². The van der Waals surface area contributed by atoms with Crippen molar-refractivity contribution in [3.8, 4) is 5.75 Å². The smallest absolute Gasteiger partial charge is 0.250 e. The van der Waals surface area contributed by atoms with Crippen molar-refractivity contribution in [2.45, 2.75) is 19.3 Å². The van der Waals surface area contributed by atoms with Gasteiger partial charge in [0.2, 0.25) is 17.8 Å². The summed E-state index contributed by atoms with van der Waals surface area (Å²) in [5.41, 5.74) is 4.76. The van der Waals surface area contributed by atoms with E-state index < -0.39 is 0 Å². The number of nitrogens with one attached hydrogen (secondary N) is 2. The lowest BCUT2D eigenvalue weighted by Crippen LogP contribution is -2.31. The number of piperidine rings is 1. The van der Waals surface area contributed by atoms with E-state index >= 15 is 0 Å². The standard InChI is InChI=1S/C22H24BrN7O/c1-31-19-11-10-16(14-18(19)23)15-24-29-21-26-20(25-17-8-4-2-5-9-17)27-22(28-21)30-12-6-3-7-13-30/h2,4-5,8-11,14-15H,3,6-7,12-13H2,1H3,(H2,25,26,27,28,29)/b24-15+. The van der Waals surface area contributed by atoms with E-state index in [1.807, 2.05) is 48.5 Å². The molecular formula is C22H24BrN7O. The number of nitrogens with zero attached hydrogens (tertiary/aromatic N) is 5. The van der Waals surface area contributed by atoms with Gasteiger partial charge in [0, 0.05) is 18.8 Å². The van der Waals surface area contributed by atoms with E-state index in [4.69, 9.17) is 4.74 Å². The first-order chi connectivity index (χ1) is 15.2. The molecule has 0 unspecified atom stereocenters. The summed E-state index contributed by atoms with van der Waals surface area (Å²) in [4.78, 5) is 15.9. The van der Waals surface area contributed by atoms with E-state index in [-0.39, 0.29) is 0 Å². The van der Waals surface area contributed by atoms with Gasteiger partial charge in [0.05, 0.1) is 17.8 Å². The van der Waals surface area contributed by atoms with Crippen molar-refractivity contribution in [1.29, 1.82) is 0 Å². The number of hydrogen-bond acceptors (Lipinski definition) is 8. The van der Waals surface area contributed by atoms with E-state index in [9.17, 15) is 0 Å². The highest BCUT2D eigenvalue weighted by Crippen LogP contribution is 2.25. The van der Waals surface area contributed by atoms with Gasteiger partial charge in [-0.2, -0.15) is 20.1 Å². The van der Waals surface area contributed by atoms with Crippen LogP contribution in [0, 0.1) is 0 Å². The first-order valence-electron chi connectivity index (χ1n) is 10.2. The number of hydrazone groups is 1. The lowest BCUT2D eigenvalue weighted by atomic mass is 10.1. The van der Waals surface area contributed by atoms with Crippen LogP contribution in [0.3, 0.4) is 0 Å². The number of halogens is 1. The Bertz CT molecular complexity index is 1040. The van der Waals surface area contributed by atoms with Crippen molar-refractivity contribution >= 4 is 45.7 Å². The van der Waals surface area contributed by atoms with Gasteiger partial charge in [0.25, 0.3) is 0 Å². The summed E-state index contributed by atoms with van der Waals surface area (Å²) in [7, 11) is 1.64. The zero-order chi connectivity index (χ0) is 21.5. The summed E-state index contributed by atoms with van der Waals surface area (Å²) in [6.07, 6.45) is 5.23. The van der Waals surface area contributed by atoms with Crippen LogP contribution in [0.15, 0.2) is 58.1 Å². The molecule has 1 aliphatic rings. The molecule has 1 fully saturated rings. The molecule has 0 atom stereocenters. The summed E-state index contributed by atoms with van der Waals surface area (Å²) in [5, 5.41) is 7.56. The molecule has 0 spiro atoms. The number of ether oxygens (including phenoxy) is 1. The number of methoxy groups -OCH3 is 1. The van der Waals surface area contributed by atoms with Gasteiger partial charge in [-0.05, 0) is 71.1 Å². The van der Waals surface area contributed by atoms with Crippen molar-refractivity contribution in [3.63, 3.8) is 0 Å². The average molecular weight is 482 g/mol. The summed E-state index contributed by atoms with van der Waals surface area (Å²) in [5.74, 6) is 2.29. The lowest BCUT2D eigenvalue weighted by molar-refractivity contribution is 0.412. The molecule has 1 aliphatic heterocycles. The zero-order valence-corrected chi connectivity index (χ0v) is 18.8. The van der Waals surface area contributed by atoms with Gasteiger partial charge < -0.3 is 15.0 Å². The first-order valence-corrected chi connectivity index (χ1v) is 11.0. The molecule has 0 amide bonds. The van der Waals surface area contributed by atoms with Gasteiger partial charge >= 0.3 is 0 Å². The number of aromatic nitrogens is 3. The predicted octanol–water partition coefficient (Wildman–Crippen LogP) is 4.82. The van der Waals surface area contributed by atoms with Crippen molar-refractivity contribution in [3.05, 3.63) is 58.6 Å². The normalized spacial score (nSPS) is 13.9. The molecule has 8 nitrogen and oxygen atoms in total. The van der Waals surface area contributed by atoms with Crippen LogP contribution in [0.2, 0.25) is 0 Å². The molecule has 2 aromatic carbocycles. The Hall–Kier alpha value is -3.20. The fourth-order valence-corrected chi connectivity index (χ4v) is 3.84. The Morgan fingerprint density at radius 1 is 1.00 bits per heavy atom. The fraction of sp³-hybridized carbons (Fsp3) is 0.273. The maximum absolute atomic E-state index is 5.26. The molecule has 3 aromatic rings. The van der Waals surface area contributed by atoms with Crippen LogP contribution in [0.1, 0.15) is 24.8 Å². The van der Waals surface area contributed by atoms with Crippen LogP contribution in [0.5, 0.6) is 5.75 Å². The van der Waals surface area contributed by atoms with Gasteiger partial charge in [0.15, 0.2) is 0 Å². The molecule has 0 bridgehead atoms. The Morgan fingerprint density at radius 3 is 2.52 bits per heavy atom. The zero-order valence-electron chi connectivity index (χ0n) is 17.3. The van der Waals surface area contributed by atoms with Gasteiger partial charge in [-0.15, -0.1) is 0 Å². The number of rotatable bonds is 7. The Labute approximate surface area is 189 Å². The van der Waals surface area contributed by atoms with Crippen LogP contribution in [0.4, 0.5) is 23.5 Å². The van der Waals surface area contributed by atoms with Crippen LogP contribution in [-0.2, 0) is 0 Å². The molecule has 2 heterocycles. The van der Waals surface area contributed by atoms with E-state index in [0.717, 1.165) is 47.4 Å². The Balaban J connectivity index is 1.54. The lowest BCUT2D eigenvalue weighted by Gasteiger charge is -2.26. The highest BCUT2D eigenvalue weighted by Gasteiger charge is 2.16. The molecule has 1 saturated heterocycles. The molecule has 31 heavy (non-hydrogen) atoms. The van der Waals surface area contributed by atoms with Crippen LogP contribution in [0.25, 0.3) is 0 Å². The van der Waals surface area contributed by atoms with Gasteiger partial charge in [0.1, 0.15) is 5.75 Å². The number of para-hydroxylation sites is 1. The maximum atomic E-state index is 5.26. The van der Waals surface area contributed by atoms with Crippen LogP contribution < -0.4 is 20.4 Å². The Morgan fingerprint density at radius 2 is 1.77 bits per heavy atom. The third kappa shape index (κ3) is 5.69. The van der Waals surface area contributed by atoms with Crippen LogP contribution >= 0.6 is 15.9 Å². The van der Waals surface area contributed by atoms with E-state index in [1.165, 1.54) is 6.42 Å². The second kappa shape index (κ2) is 10.2. The summed E-state index contributed by atoms with van der Waals surface area (Å²) in [6.45, 7) is 1.88. The largest absolute Gasteiger partial charge is 0.496 e. The molecule has 0 saturated carbocycles. The highest BCUT2D eigenvalue weighted by molar-refractivity contribution is 9.10. The van der Waals surface area contributed by atoms with Crippen molar-refractivity contribution in [2.75, 3.05) is 35.8 Å². The number of benzene rings is 2. The van der Waals surface area contributed by atoms with Crippen molar-refractivity contribution in [2.24, 2.45) is 5.10 Å². The quantitative estimate of drug-likeness (QED) is 0.369. The minimum atomic E-state index is 0.387. The third-order valence-corrected chi connectivity index (χ3v) is 5.47. The molecule has 160 valence electrons. The fourth-order valence-electron chi connectivity index (χ4n) is 3.28. The minimum Gasteiger partial charge on any atom is -0.496 e. The molecule has 2 N–H and O–H groups in total. The van der Waals surface area contributed by atoms with E-state index in [2.05, 4.69) is 51.6 Å². The summed E-state index contributed by atoms with van der Waals surface area (Å²) in [6, 6.07) is 15.6. The molecule has 4 rings (SSSR count). The maximum Gasteiger partial charge on any atom is 0.250 e. The molecule has 0 radical (unpaired) electrons. The monoisotopic (exact) mass is 481 g/mol. The molecule has 9 heteroatoms. The first kappa shape index (κ1) is 21.0. The SMILES string of the molecule is COc1ccc(/C=N/Nc2nc(Nc3ccccc3)nc(N3CCCCC3)n2)cc1Br. The third-order valence-electron chi connectivity index (χ3n) is 4.85. The summed E-state index contributed by atoms with van der Waals surface area (Å²) < 4.78 is 6.12. The summed E-state index contributed by atoms with van der Waals surface area (Å²) >= 11 is 3.48. The topological polar surface area (TPSA) is 87.6 Å². The van der Waals surface area contributed by atoms with Crippen molar-refractivity contribution < 1.29 is 4.74 Å². The van der Waals surface area contributed by atoms with Gasteiger partial charge in [-0.25, -0.2) is 5.43 Å². The Kier molecular flexibility index (Phi) is 6.93. The predicted molar refractivity (Wildman–Crippen MR) is 128 cm³/mol. The highest BCUT2D eigenvalue weighted by atomic mass is 79.9. The van der Waals surface area contributed by atoms with Crippen LogP contribution in [-0.4, -0.2) is 41.4 Å². The number of anilines is 4.